The minimum absolute atomic E-state index is 0.0729. The number of hydrogen-bond donors (Lipinski definition) is 1. The van der Waals surface area contributed by atoms with Crippen LogP contribution < -0.4 is 5.73 Å². The van der Waals surface area contributed by atoms with Crippen LogP contribution in [-0.4, -0.2) is 9.97 Å². The van der Waals surface area contributed by atoms with Crippen LogP contribution in [0.2, 0.25) is 0 Å². The molecule has 0 amide bonds. The van der Waals surface area contributed by atoms with E-state index in [0.29, 0.717) is 0 Å². The molecule has 1 atom stereocenters. The molecule has 0 spiro atoms. The van der Waals surface area contributed by atoms with E-state index in [2.05, 4.69) is 9.97 Å². The predicted molar refractivity (Wildman–Crippen MR) is 55.7 cm³/mol. The van der Waals surface area contributed by atoms with Crippen molar-refractivity contribution in [2.24, 2.45) is 11.7 Å². The van der Waals surface area contributed by atoms with Gasteiger partial charge in [-0.2, -0.15) is 0 Å². The first kappa shape index (κ1) is 9.59. The van der Waals surface area contributed by atoms with Gasteiger partial charge in [0, 0.05) is 12.2 Å². The van der Waals surface area contributed by atoms with E-state index in [0.717, 1.165) is 23.7 Å². The Bertz CT molecular complexity index is 290. The third kappa shape index (κ3) is 2.51. The molecule has 1 aliphatic carbocycles. The van der Waals surface area contributed by atoms with Crippen LogP contribution in [0.25, 0.3) is 0 Å². The minimum Gasteiger partial charge on any atom is -0.323 e. The highest BCUT2D eigenvalue weighted by atomic mass is 14.8. The van der Waals surface area contributed by atoms with Gasteiger partial charge in [-0.15, -0.1) is 0 Å². The van der Waals surface area contributed by atoms with E-state index in [9.17, 15) is 0 Å². The van der Waals surface area contributed by atoms with Gasteiger partial charge in [0.05, 0.1) is 17.6 Å². The molecule has 14 heavy (non-hydrogen) atoms. The monoisotopic (exact) mass is 191 g/mol. The standard InChI is InChI=1S/C11H17N3/c1-8-6-14-11(7-13-8)10(12)5-4-9-2-3-9/h6-7,9-10H,2-5,12H2,1H3. The Kier molecular flexibility index (Phi) is 2.77. The predicted octanol–water partition coefficient (Wildman–Crippen LogP) is 1.98. The van der Waals surface area contributed by atoms with Gasteiger partial charge in [0.1, 0.15) is 0 Å². The zero-order valence-corrected chi connectivity index (χ0v) is 8.61. The van der Waals surface area contributed by atoms with E-state index in [1.165, 1.54) is 19.3 Å². The lowest BCUT2D eigenvalue weighted by molar-refractivity contribution is 0.562. The van der Waals surface area contributed by atoms with Crippen molar-refractivity contribution in [3.8, 4) is 0 Å². The molecule has 1 aromatic rings. The average Bonchev–Trinajstić information content (AvgIpc) is 2.99. The number of aromatic nitrogens is 2. The topological polar surface area (TPSA) is 51.8 Å². The second-order valence-electron chi connectivity index (χ2n) is 4.21. The van der Waals surface area contributed by atoms with Crippen molar-refractivity contribution in [3.63, 3.8) is 0 Å². The number of nitrogens with zero attached hydrogens (tertiary/aromatic N) is 2. The zero-order valence-electron chi connectivity index (χ0n) is 8.61. The molecule has 3 nitrogen and oxygen atoms in total. The minimum atomic E-state index is 0.0729. The van der Waals surface area contributed by atoms with Gasteiger partial charge in [-0.3, -0.25) is 9.97 Å². The van der Waals surface area contributed by atoms with Crippen LogP contribution in [0.3, 0.4) is 0 Å². The van der Waals surface area contributed by atoms with E-state index < -0.39 is 0 Å². The average molecular weight is 191 g/mol. The van der Waals surface area contributed by atoms with Crippen molar-refractivity contribution in [1.82, 2.24) is 9.97 Å². The van der Waals surface area contributed by atoms with Gasteiger partial charge in [-0.25, -0.2) is 0 Å². The molecule has 0 aliphatic heterocycles. The molecule has 1 heterocycles. The molecule has 3 heteroatoms. The van der Waals surface area contributed by atoms with E-state index in [-0.39, 0.29) is 6.04 Å². The summed E-state index contributed by atoms with van der Waals surface area (Å²) in [5.41, 5.74) is 7.89. The molecule has 0 bridgehead atoms. The number of hydrogen-bond acceptors (Lipinski definition) is 3. The maximum Gasteiger partial charge on any atom is 0.0754 e. The number of nitrogens with two attached hydrogens (primary N) is 1. The fraction of sp³-hybridized carbons (Fsp3) is 0.636. The van der Waals surface area contributed by atoms with Gasteiger partial charge in [-0.05, 0) is 25.7 Å². The zero-order chi connectivity index (χ0) is 9.97. The maximum absolute atomic E-state index is 6.02. The molecule has 1 aliphatic rings. The van der Waals surface area contributed by atoms with Crippen LogP contribution >= 0.6 is 0 Å². The summed E-state index contributed by atoms with van der Waals surface area (Å²) in [4.78, 5) is 8.49. The van der Waals surface area contributed by atoms with Crippen molar-refractivity contribution in [3.05, 3.63) is 23.8 Å². The second kappa shape index (κ2) is 4.05. The van der Waals surface area contributed by atoms with Crippen LogP contribution in [0, 0.1) is 12.8 Å². The highest BCUT2D eigenvalue weighted by Gasteiger charge is 2.22. The normalized spacial score (nSPS) is 18.1. The van der Waals surface area contributed by atoms with Crippen molar-refractivity contribution >= 4 is 0 Å². The first-order chi connectivity index (χ1) is 6.75. The van der Waals surface area contributed by atoms with E-state index in [1.807, 2.05) is 6.92 Å². The smallest absolute Gasteiger partial charge is 0.0754 e. The molecular weight excluding hydrogens is 174 g/mol. The maximum atomic E-state index is 6.02. The van der Waals surface area contributed by atoms with Crippen LogP contribution in [0.5, 0.6) is 0 Å². The van der Waals surface area contributed by atoms with Gasteiger partial charge in [-0.1, -0.05) is 12.8 Å². The largest absolute Gasteiger partial charge is 0.323 e. The third-order valence-electron chi connectivity index (χ3n) is 2.76. The van der Waals surface area contributed by atoms with Gasteiger partial charge in [0.25, 0.3) is 0 Å². The second-order valence-corrected chi connectivity index (χ2v) is 4.21. The summed E-state index contributed by atoms with van der Waals surface area (Å²) in [7, 11) is 0. The fourth-order valence-electron chi connectivity index (χ4n) is 1.56. The van der Waals surface area contributed by atoms with Gasteiger partial charge >= 0.3 is 0 Å². The van der Waals surface area contributed by atoms with Crippen molar-refractivity contribution < 1.29 is 0 Å². The number of rotatable bonds is 4. The summed E-state index contributed by atoms with van der Waals surface area (Å²) in [6.07, 6.45) is 8.66. The van der Waals surface area contributed by atoms with E-state index >= 15 is 0 Å². The fourth-order valence-corrected chi connectivity index (χ4v) is 1.56. The Labute approximate surface area is 84.8 Å². The molecule has 2 N–H and O–H groups in total. The highest BCUT2D eigenvalue weighted by molar-refractivity contribution is 5.05. The van der Waals surface area contributed by atoms with Gasteiger partial charge in [0.2, 0.25) is 0 Å². The lowest BCUT2D eigenvalue weighted by atomic mass is 10.1. The molecule has 1 unspecified atom stereocenters. The molecule has 1 fully saturated rings. The summed E-state index contributed by atoms with van der Waals surface area (Å²) >= 11 is 0. The first-order valence-corrected chi connectivity index (χ1v) is 5.30. The number of aryl methyl sites for hydroxylation is 1. The lowest BCUT2D eigenvalue weighted by Crippen LogP contribution is -2.12. The van der Waals surface area contributed by atoms with Crippen LogP contribution in [0.15, 0.2) is 12.4 Å². The molecule has 2 rings (SSSR count). The summed E-state index contributed by atoms with van der Waals surface area (Å²) in [6.45, 7) is 1.94. The first-order valence-electron chi connectivity index (χ1n) is 5.30. The SMILES string of the molecule is Cc1cnc(C(N)CCC2CC2)cn1. The summed E-state index contributed by atoms with van der Waals surface area (Å²) in [5, 5.41) is 0. The summed E-state index contributed by atoms with van der Waals surface area (Å²) in [5.74, 6) is 0.944. The lowest BCUT2D eigenvalue weighted by Gasteiger charge is -2.09. The molecule has 0 radical (unpaired) electrons. The molecule has 1 saturated carbocycles. The quantitative estimate of drug-likeness (QED) is 0.791. The van der Waals surface area contributed by atoms with E-state index in [1.54, 1.807) is 12.4 Å². The van der Waals surface area contributed by atoms with Gasteiger partial charge in [0.15, 0.2) is 0 Å². The van der Waals surface area contributed by atoms with Crippen molar-refractivity contribution in [1.29, 1.82) is 0 Å². The molecule has 0 aromatic carbocycles. The Balaban J connectivity index is 1.88. The Morgan fingerprint density at radius 1 is 1.43 bits per heavy atom. The summed E-state index contributed by atoms with van der Waals surface area (Å²) < 4.78 is 0. The molecule has 1 aromatic heterocycles. The van der Waals surface area contributed by atoms with Crippen LogP contribution in [0.1, 0.15) is 43.1 Å². The van der Waals surface area contributed by atoms with E-state index in [4.69, 9.17) is 5.73 Å². The van der Waals surface area contributed by atoms with Crippen LogP contribution in [0.4, 0.5) is 0 Å². The Hall–Kier alpha value is -0.960. The Morgan fingerprint density at radius 2 is 2.21 bits per heavy atom. The van der Waals surface area contributed by atoms with Gasteiger partial charge < -0.3 is 5.73 Å². The van der Waals surface area contributed by atoms with Crippen LogP contribution in [-0.2, 0) is 0 Å². The molecule has 76 valence electrons. The summed E-state index contributed by atoms with van der Waals surface area (Å²) in [6, 6.07) is 0.0729. The van der Waals surface area contributed by atoms with Crippen molar-refractivity contribution in [2.75, 3.05) is 0 Å². The Morgan fingerprint density at radius 3 is 2.79 bits per heavy atom. The molecule has 0 saturated heterocycles. The highest BCUT2D eigenvalue weighted by Crippen LogP contribution is 2.35. The third-order valence-corrected chi connectivity index (χ3v) is 2.76. The van der Waals surface area contributed by atoms with Crippen molar-refractivity contribution in [2.45, 2.75) is 38.6 Å². The molecular formula is C11H17N3.